The van der Waals surface area contributed by atoms with Crippen molar-refractivity contribution >= 4 is 33.5 Å². The van der Waals surface area contributed by atoms with Gasteiger partial charge in [0.25, 0.3) is 0 Å². The van der Waals surface area contributed by atoms with Crippen LogP contribution < -0.4 is 0 Å². The van der Waals surface area contributed by atoms with E-state index in [1.54, 1.807) is 18.2 Å². The van der Waals surface area contributed by atoms with Crippen molar-refractivity contribution < 1.29 is 18.0 Å². The quantitative estimate of drug-likeness (QED) is 0.689. The molecule has 0 bridgehead atoms. The van der Waals surface area contributed by atoms with Crippen molar-refractivity contribution in [3.8, 4) is 0 Å². The standard InChI is InChI=1S/C14H9BrF3NOS/c1-8(20)11-6-10(15)3-4-12(11)21-13-5-2-9(7-19-13)14(16,17)18/h2-7H,1H3. The lowest BCUT2D eigenvalue weighted by molar-refractivity contribution is -0.137. The fourth-order valence-corrected chi connectivity index (χ4v) is 2.86. The van der Waals surface area contributed by atoms with Crippen molar-refractivity contribution in [2.75, 3.05) is 0 Å². The Labute approximate surface area is 131 Å². The van der Waals surface area contributed by atoms with Crippen molar-refractivity contribution in [2.45, 2.75) is 23.0 Å². The first-order valence-corrected chi connectivity index (χ1v) is 7.40. The van der Waals surface area contributed by atoms with Crippen LogP contribution in [0, 0.1) is 0 Å². The van der Waals surface area contributed by atoms with Gasteiger partial charge < -0.3 is 0 Å². The molecular formula is C14H9BrF3NOS. The first-order valence-electron chi connectivity index (χ1n) is 5.79. The summed E-state index contributed by atoms with van der Waals surface area (Å²) in [6.07, 6.45) is -3.62. The van der Waals surface area contributed by atoms with Crippen LogP contribution in [0.4, 0.5) is 13.2 Å². The Balaban J connectivity index is 2.28. The molecule has 21 heavy (non-hydrogen) atoms. The average Bonchev–Trinajstić information content (AvgIpc) is 2.40. The summed E-state index contributed by atoms with van der Waals surface area (Å²) in [5.41, 5.74) is -0.300. The Morgan fingerprint density at radius 1 is 1.24 bits per heavy atom. The summed E-state index contributed by atoms with van der Waals surface area (Å²) in [7, 11) is 0. The molecule has 0 saturated heterocycles. The van der Waals surface area contributed by atoms with Crippen LogP contribution in [-0.2, 0) is 6.18 Å². The largest absolute Gasteiger partial charge is 0.417 e. The Morgan fingerprint density at radius 2 is 1.95 bits per heavy atom. The van der Waals surface area contributed by atoms with E-state index in [0.717, 1.165) is 28.5 Å². The van der Waals surface area contributed by atoms with Crippen LogP contribution >= 0.6 is 27.7 Å². The zero-order valence-corrected chi connectivity index (χ0v) is 13.1. The Hall–Kier alpha value is -1.34. The maximum absolute atomic E-state index is 12.5. The van der Waals surface area contributed by atoms with Gasteiger partial charge in [-0.2, -0.15) is 13.2 Å². The maximum atomic E-state index is 12.5. The van der Waals surface area contributed by atoms with E-state index in [0.29, 0.717) is 15.5 Å². The number of benzene rings is 1. The van der Waals surface area contributed by atoms with E-state index >= 15 is 0 Å². The van der Waals surface area contributed by atoms with Crippen molar-refractivity contribution in [1.82, 2.24) is 4.98 Å². The number of hydrogen-bond donors (Lipinski definition) is 0. The number of Topliss-reactive ketones (excluding diaryl/α,β-unsaturated/α-hetero) is 1. The van der Waals surface area contributed by atoms with E-state index in [1.165, 1.54) is 13.0 Å². The van der Waals surface area contributed by atoms with Crippen LogP contribution in [-0.4, -0.2) is 10.8 Å². The van der Waals surface area contributed by atoms with E-state index in [4.69, 9.17) is 0 Å². The Kier molecular flexibility index (Phi) is 4.73. The van der Waals surface area contributed by atoms with Crippen molar-refractivity contribution in [3.05, 3.63) is 52.1 Å². The molecule has 0 N–H and O–H groups in total. The molecule has 0 radical (unpaired) electrons. The highest BCUT2D eigenvalue weighted by molar-refractivity contribution is 9.10. The molecular weight excluding hydrogens is 367 g/mol. The number of pyridine rings is 1. The molecule has 110 valence electrons. The summed E-state index contributed by atoms with van der Waals surface area (Å²) in [6, 6.07) is 7.43. The molecule has 0 fully saturated rings. The average molecular weight is 376 g/mol. The minimum atomic E-state index is -4.40. The van der Waals surface area contributed by atoms with Gasteiger partial charge in [-0.1, -0.05) is 27.7 Å². The fraction of sp³-hybridized carbons (Fsp3) is 0.143. The SMILES string of the molecule is CC(=O)c1cc(Br)ccc1Sc1ccc(C(F)(F)F)cn1. The molecule has 0 spiro atoms. The van der Waals surface area contributed by atoms with Crippen molar-refractivity contribution in [3.63, 3.8) is 0 Å². The van der Waals surface area contributed by atoms with E-state index in [1.807, 2.05) is 0 Å². The van der Waals surface area contributed by atoms with Crippen LogP contribution in [0.3, 0.4) is 0 Å². The van der Waals surface area contributed by atoms with Gasteiger partial charge in [0, 0.05) is 21.1 Å². The van der Waals surface area contributed by atoms with Crippen LogP contribution in [0.5, 0.6) is 0 Å². The predicted octanol–water partition coefficient (Wildman–Crippen LogP) is 5.22. The highest BCUT2D eigenvalue weighted by atomic mass is 79.9. The number of aromatic nitrogens is 1. The highest BCUT2D eigenvalue weighted by Gasteiger charge is 2.30. The topological polar surface area (TPSA) is 30.0 Å². The monoisotopic (exact) mass is 375 g/mol. The number of carbonyl (C=O) groups excluding carboxylic acids is 1. The van der Waals surface area contributed by atoms with Crippen LogP contribution in [0.2, 0.25) is 0 Å². The summed E-state index contributed by atoms with van der Waals surface area (Å²) in [5, 5.41) is 0.396. The van der Waals surface area contributed by atoms with Gasteiger partial charge in [0.2, 0.25) is 0 Å². The minimum Gasteiger partial charge on any atom is -0.294 e. The Bertz CT molecular complexity index is 671. The summed E-state index contributed by atoms with van der Waals surface area (Å²) < 4.78 is 38.2. The number of ketones is 1. The van der Waals surface area contributed by atoms with Gasteiger partial charge in [0.05, 0.1) is 5.56 Å². The maximum Gasteiger partial charge on any atom is 0.417 e. The smallest absolute Gasteiger partial charge is 0.294 e. The molecule has 1 aromatic carbocycles. The number of rotatable bonds is 3. The summed E-state index contributed by atoms with van der Waals surface area (Å²) >= 11 is 4.43. The molecule has 0 aliphatic carbocycles. The van der Waals surface area contributed by atoms with Gasteiger partial charge in [0.15, 0.2) is 5.78 Å². The zero-order valence-electron chi connectivity index (χ0n) is 10.7. The van der Waals surface area contributed by atoms with Gasteiger partial charge in [0.1, 0.15) is 5.03 Å². The highest BCUT2D eigenvalue weighted by Crippen LogP contribution is 2.33. The van der Waals surface area contributed by atoms with Gasteiger partial charge >= 0.3 is 6.18 Å². The minimum absolute atomic E-state index is 0.120. The second-order valence-electron chi connectivity index (χ2n) is 4.18. The van der Waals surface area contributed by atoms with Gasteiger partial charge in [-0.3, -0.25) is 4.79 Å². The molecule has 2 nitrogen and oxygen atoms in total. The van der Waals surface area contributed by atoms with Gasteiger partial charge in [-0.05, 0) is 37.3 Å². The third kappa shape index (κ3) is 4.07. The molecule has 2 aromatic rings. The molecule has 0 unspecified atom stereocenters. The van der Waals surface area contributed by atoms with Gasteiger partial charge in [-0.25, -0.2) is 4.98 Å². The first kappa shape index (κ1) is 16.0. The van der Waals surface area contributed by atoms with Crippen molar-refractivity contribution in [2.24, 2.45) is 0 Å². The van der Waals surface area contributed by atoms with E-state index < -0.39 is 11.7 Å². The van der Waals surface area contributed by atoms with Crippen molar-refractivity contribution in [1.29, 1.82) is 0 Å². The third-order valence-electron chi connectivity index (χ3n) is 2.60. The van der Waals surface area contributed by atoms with E-state index in [2.05, 4.69) is 20.9 Å². The number of hydrogen-bond acceptors (Lipinski definition) is 3. The summed E-state index contributed by atoms with van der Waals surface area (Å²) in [6.45, 7) is 1.44. The molecule has 0 saturated carbocycles. The summed E-state index contributed by atoms with van der Waals surface area (Å²) in [4.78, 5) is 16.0. The number of carbonyl (C=O) groups is 1. The Morgan fingerprint density at radius 3 is 2.48 bits per heavy atom. The van der Waals surface area contributed by atoms with Crippen LogP contribution in [0.15, 0.2) is 50.9 Å². The lowest BCUT2D eigenvalue weighted by atomic mass is 10.1. The molecule has 1 heterocycles. The molecule has 0 amide bonds. The predicted molar refractivity (Wildman–Crippen MR) is 77.5 cm³/mol. The van der Waals surface area contributed by atoms with Crippen LogP contribution in [0.25, 0.3) is 0 Å². The lowest BCUT2D eigenvalue weighted by Gasteiger charge is -2.09. The zero-order chi connectivity index (χ0) is 15.6. The van der Waals surface area contributed by atoms with Crippen LogP contribution in [0.1, 0.15) is 22.8 Å². The number of halogens is 4. The number of alkyl halides is 3. The third-order valence-corrected chi connectivity index (χ3v) is 4.12. The van der Waals surface area contributed by atoms with E-state index in [9.17, 15) is 18.0 Å². The lowest BCUT2D eigenvalue weighted by Crippen LogP contribution is -2.05. The molecule has 0 aliphatic heterocycles. The first-order chi connectivity index (χ1) is 9.77. The molecule has 0 aliphatic rings. The normalized spacial score (nSPS) is 11.5. The molecule has 0 atom stereocenters. The van der Waals surface area contributed by atoms with E-state index in [-0.39, 0.29) is 5.78 Å². The molecule has 2 rings (SSSR count). The molecule has 7 heteroatoms. The van der Waals surface area contributed by atoms with Gasteiger partial charge in [-0.15, -0.1) is 0 Å². The fourth-order valence-electron chi connectivity index (χ4n) is 1.59. The second-order valence-corrected chi connectivity index (χ2v) is 6.16. The number of nitrogens with zero attached hydrogens (tertiary/aromatic N) is 1. The second kappa shape index (κ2) is 6.19. The summed E-state index contributed by atoms with van der Waals surface area (Å²) in [5.74, 6) is -0.120. The molecule has 1 aromatic heterocycles.